The number of aromatic nitrogens is 1. The van der Waals surface area contributed by atoms with Crippen LogP contribution in [0.5, 0.6) is 0 Å². The van der Waals surface area contributed by atoms with Crippen LogP contribution in [0.3, 0.4) is 0 Å². The van der Waals surface area contributed by atoms with Gasteiger partial charge in [0.25, 0.3) is 5.91 Å². The molecule has 1 aliphatic heterocycles. The number of likely N-dealkylation sites (tertiary alicyclic amines) is 1. The molecule has 2 N–H and O–H groups in total. The van der Waals surface area contributed by atoms with Crippen molar-refractivity contribution in [2.75, 3.05) is 13.1 Å². The number of fused-ring (bicyclic) bond motifs is 1. The van der Waals surface area contributed by atoms with Gasteiger partial charge in [0.1, 0.15) is 0 Å². The van der Waals surface area contributed by atoms with E-state index >= 15 is 0 Å². The molecule has 214 valence electrons. The zero-order valence-corrected chi connectivity index (χ0v) is 25.0. The molecule has 4 aromatic rings. The van der Waals surface area contributed by atoms with Crippen LogP contribution in [0, 0.1) is 19.8 Å². The van der Waals surface area contributed by atoms with Crippen LogP contribution >= 0.6 is 0 Å². The fourth-order valence-corrected chi connectivity index (χ4v) is 6.10. The highest BCUT2D eigenvalue weighted by atomic mass is 16.4. The van der Waals surface area contributed by atoms with Crippen molar-refractivity contribution in [3.8, 4) is 11.1 Å². The number of aryl methyl sites for hydroxylation is 1. The zero-order chi connectivity index (χ0) is 29.5. The lowest BCUT2D eigenvalue weighted by molar-refractivity contribution is 0.0697. The van der Waals surface area contributed by atoms with E-state index in [-0.39, 0.29) is 17.5 Å². The van der Waals surface area contributed by atoms with Crippen molar-refractivity contribution in [3.05, 3.63) is 94.7 Å². The predicted octanol–water partition coefficient (Wildman–Crippen LogP) is 6.91. The molecule has 1 amide bonds. The summed E-state index contributed by atoms with van der Waals surface area (Å²) in [5.74, 6) is -0.491. The van der Waals surface area contributed by atoms with Crippen LogP contribution in [0.1, 0.15) is 71.7 Å². The zero-order valence-electron chi connectivity index (χ0n) is 25.0. The number of carboxylic acids is 1. The third-order valence-corrected chi connectivity index (χ3v) is 8.90. The average molecular weight is 552 g/mol. The van der Waals surface area contributed by atoms with Gasteiger partial charge in [0.15, 0.2) is 0 Å². The molecular formula is C35H41N3O3. The molecule has 2 atom stereocenters. The van der Waals surface area contributed by atoms with E-state index in [9.17, 15) is 14.7 Å². The first-order valence-corrected chi connectivity index (χ1v) is 14.5. The Morgan fingerprint density at radius 1 is 1.02 bits per heavy atom. The van der Waals surface area contributed by atoms with Crippen LogP contribution in [0.4, 0.5) is 0 Å². The van der Waals surface area contributed by atoms with Gasteiger partial charge in [0.2, 0.25) is 0 Å². The maximum Gasteiger partial charge on any atom is 0.336 e. The first-order chi connectivity index (χ1) is 19.4. The number of carbonyl (C=O) groups excluding carboxylic acids is 1. The van der Waals surface area contributed by atoms with Crippen LogP contribution < -0.4 is 5.32 Å². The Kier molecular flexibility index (Phi) is 7.80. The Bertz CT molecular complexity index is 1590. The molecule has 6 heteroatoms. The number of nitrogens with one attached hydrogen (secondary N) is 1. The lowest BCUT2D eigenvalue weighted by Crippen LogP contribution is -2.43. The molecule has 1 aliphatic rings. The van der Waals surface area contributed by atoms with Crippen molar-refractivity contribution in [3.63, 3.8) is 0 Å². The van der Waals surface area contributed by atoms with Gasteiger partial charge in [0, 0.05) is 46.8 Å². The summed E-state index contributed by atoms with van der Waals surface area (Å²) in [6.45, 7) is 15.9. The molecule has 1 unspecified atom stereocenters. The molecule has 2 heterocycles. The topological polar surface area (TPSA) is 74.6 Å². The van der Waals surface area contributed by atoms with Gasteiger partial charge in [-0.15, -0.1) is 0 Å². The number of carboxylic acid groups (broad SMARTS) is 1. The number of nitrogens with zero attached hydrogens (tertiary/aromatic N) is 2. The monoisotopic (exact) mass is 551 g/mol. The quantitative estimate of drug-likeness (QED) is 0.262. The molecule has 0 aliphatic carbocycles. The molecule has 0 bridgehead atoms. The Hall–Kier alpha value is -3.90. The number of carbonyl (C=O) groups is 2. The Morgan fingerprint density at radius 2 is 1.73 bits per heavy atom. The number of amides is 1. The van der Waals surface area contributed by atoms with E-state index in [1.165, 1.54) is 11.3 Å². The first-order valence-electron chi connectivity index (χ1n) is 14.5. The van der Waals surface area contributed by atoms with Crippen LogP contribution in [0.2, 0.25) is 0 Å². The average Bonchev–Trinajstić information content (AvgIpc) is 3.54. The summed E-state index contributed by atoms with van der Waals surface area (Å²) in [5.41, 5.74) is 7.30. The molecule has 5 rings (SSSR count). The molecular weight excluding hydrogens is 510 g/mol. The largest absolute Gasteiger partial charge is 0.478 e. The van der Waals surface area contributed by atoms with Crippen LogP contribution in [-0.2, 0) is 6.54 Å². The van der Waals surface area contributed by atoms with E-state index in [0.29, 0.717) is 29.2 Å². The Morgan fingerprint density at radius 3 is 2.39 bits per heavy atom. The fraction of sp³-hybridized carbons (Fsp3) is 0.371. The minimum Gasteiger partial charge on any atom is -0.478 e. The highest BCUT2D eigenvalue weighted by molar-refractivity contribution is 5.99. The second-order valence-electron chi connectivity index (χ2n) is 12.5. The summed E-state index contributed by atoms with van der Waals surface area (Å²) in [6, 6.07) is 21.3. The normalized spacial score (nSPS) is 16.7. The number of hydrogen-bond donors (Lipinski definition) is 2. The SMILES string of the molecule is Cc1c(C)n(Cc2ccc(-c3ccccc3C(=O)O)cc2)c2ccc(C(=O)N[C@@H](C)C3CCN(C(C)(C)C)C3)cc12. The maximum absolute atomic E-state index is 13.3. The minimum absolute atomic E-state index is 0.0179. The van der Waals surface area contributed by atoms with Crippen molar-refractivity contribution in [1.29, 1.82) is 0 Å². The van der Waals surface area contributed by atoms with Crippen molar-refractivity contribution in [2.45, 2.75) is 66.1 Å². The van der Waals surface area contributed by atoms with Crippen molar-refractivity contribution >= 4 is 22.8 Å². The summed E-state index contributed by atoms with van der Waals surface area (Å²) in [4.78, 5) is 27.4. The fourth-order valence-electron chi connectivity index (χ4n) is 6.10. The summed E-state index contributed by atoms with van der Waals surface area (Å²) in [5, 5.41) is 13.9. The third kappa shape index (κ3) is 5.80. The molecule has 0 saturated carbocycles. The Balaban J connectivity index is 1.33. The lowest BCUT2D eigenvalue weighted by Gasteiger charge is -2.32. The van der Waals surface area contributed by atoms with Gasteiger partial charge >= 0.3 is 5.97 Å². The maximum atomic E-state index is 13.3. The van der Waals surface area contributed by atoms with Crippen molar-refractivity contribution in [2.24, 2.45) is 5.92 Å². The summed E-state index contributed by atoms with van der Waals surface area (Å²) < 4.78 is 2.29. The number of benzene rings is 3. The van der Waals surface area contributed by atoms with Gasteiger partial charge in [0.05, 0.1) is 5.56 Å². The molecule has 0 spiro atoms. The van der Waals surface area contributed by atoms with E-state index in [0.717, 1.165) is 41.5 Å². The van der Waals surface area contributed by atoms with E-state index < -0.39 is 5.97 Å². The standard InChI is InChI=1S/C35H41N3O3/c1-22-24(3)38(20-25-11-13-26(14-12-25)29-9-7-8-10-30(29)34(40)41)32-16-15-27(19-31(22)32)33(39)36-23(2)28-17-18-37(21-28)35(4,5)6/h7-16,19,23,28H,17-18,20-21H2,1-6H3,(H,36,39)(H,40,41)/t23-,28?/m0/s1. The summed E-state index contributed by atoms with van der Waals surface area (Å²) >= 11 is 0. The lowest BCUT2D eigenvalue weighted by atomic mass is 9.99. The van der Waals surface area contributed by atoms with Gasteiger partial charge in [-0.2, -0.15) is 0 Å². The van der Waals surface area contributed by atoms with E-state index in [4.69, 9.17) is 0 Å². The molecule has 1 fully saturated rings. The van der Waals surface area contributed by atoms with Gasteiger partial charge in [-0.05, 0) is 107 Å². The van der Waals surface area contributed by atoms with Gasteiger partial charge in [-0.1, -0.05) is 42.5 Å². The molecule has 6 nitrogen and oxygen atoms in total. The summed E-state index contributed by atoms with van der Waals surface area (Å²) in [7, 11) is 0. The molecule has 1 saturated heterocycles. The van der Waals surface area contributed by atoms with Gasteiger partial charge in [-0.3, -0.25) is 9.69 Å². The van der Waals surface area contributed by atoms with Gasteiger partial charge in [-0.25, -0.2) is 4.79 Å². The molecule has 0 radical (unpaired) electrons. The number of aromatic carboxylic acids is 1. The van der Waals surface area contributed by atoms with Crippen LogP contribution in [0.25, 0.3) is 22.0 Å². The molecule has 41 heavy (non-hydrogen) atoms. The first kappa shape index (κ1) is 28.6. The highest BCUT2D eigenvalue weighted by Gasteiger charge is 2.33. The van der Waals surface area contributed by atoms with E-state index in [2.05, 4.69) is 74.5 Å². The second kappa shape index (κ2) is 11.2. The van der Waals surface area contributed by atoms with Crippen molar-refractivity contribution in [1.82, 2.24) is 14.8 Å². The van der Waals surface area contributed by atoms with E-state index in [1.807, 2.05) is 36.4 Å². The van der Waals surface area contributed by atoms with Crippen molar-refractivity contribution < 1.29 is 14.7 Å². The molecule has 1 aromatic heterocycles. The smallest absolute Gasteiger partial charge is 0.336 e. The van der Waals surface area contributed by atoms with Crippen LogP contribution in [-0.4, -0.2) is 51.1 Å². The second-order valence-corrected chi connectivity index (χ2v) is 12.5. The third-order valence-electron chi connectivity index (χ3n) is 8.90. The number of hydrogen-bond acceptors (Lipinski definition) is 3. The van der Waals surface area contributed by atoms with Crippen LogP contribution in [0.15, 0.2) is 66.7 Å². The van der Waals surface area contributed by atoms with Gasteiger partial charge < -0.3 is 15.0 Å². The minimum atomic E-state index is -0.928. The highest BCUT2D eigenvalue weighted by Crippen LogP contribution is 2.30. The summed E-state index contributed by atoms with van der Waals surface area (Å²) in [6.07, 6.45) is 1.10. The van der Waals surface area contributed by atoms with E-state index in [1.54, 1.807) is 12.1 Å². The Labute approximate surface area is 243 Å². The molecule has 3 aromatic carbocycles. The number of rotatable bonds is 7. The predicted molar refractivity (Wildman–Crippen MR) is 166 cm³/mol.